The van der Waals surface area contributed by atoms with Crippen LogP contribution in [0.15, 0.2) is 18.2 Å². The fraction of sp³-hybridized carbons (Fsp3) is 0.562. The number of nitrogens with one attached hydrogen (secondary N) is 1. The average molecular weight is 292 g/mol. The van der Waals surface area contributed by atoms with E-state index in [-0.39, 0.29) is 12.1 Å². The van der Waals surface area contributed by atoms with Gasteiger partial charge in [-0.25, -0.2) is 4.79 Å². The summed E-state index contributed by atoms with van der Waals surface area (Å²) in [6.07, 6.45) is 1.40. The van der Waals surface area contributed by atoms with Gasteiger partial charge in [0.05, 0.1) is 13.2 Å². The number of anilines is 1. The Bertz CT molecular complexity index is 494. The highest BCUT2D eigenvalue weighted by molar-refractivity contribution is 5.90. The van der Waals surface area contributed by atoms with E-state index in [2.05, 4.69) is 5.32 Å². The second kappa shape index (κ2) is 6.80. The third-order valence-electron chi connectivity index (χ3n) is 4.20. The second-order valence-corrected chi connectivity index (χ2v) is 5.68. The Morgan fingerprint density at radius 1 is 1.43 bits per heavy atom. The van der Waals surface area contributed by atoms with Gasteiger partial charge in [0.2, 0.25) is 0 Å². The molecule has 0 aliphatic carbocycles. The van der Waals surface area contributed by atoms with Gasteiger partial charge in [-0.3, -0.25) is 0 Å². The van der Waals surface area contributed by atoms with E-state index in [9.17, 15) is 9.90 Å². The van der Waals surface area contributed by atoms with Crippen LogP contribution in [0.25, 0.3) is 0 Å². The summed E-state index contributed by atoms with van der Waals surface area (Å²) in [6.45, 7) is 5.14. The Labute approximate surface area is 125 Å². The van der Waals surface area contributed by atoms with Gasteiger partial charge in [-0.1, -0.05) is 6.07 Å². The molecule has 1 aromatic carbocycles. The third kappa shape index (κ3) is 3.88. The molecule has 1 heterocycles. The number of aryl methyl sites for hydroxylation is 1. The number of piperidine rings is 1. The number of rotatable bonds is 3. The highest BCUT2D eigenvalue weighted by atomic mass is 16.5. The summed E-state index contributed by atoms with van der Waals surface area (Å²) in [4.78, 5) is 14.1. The van der Waals surface area contributed by atoms with Crippen LogP contribution in [-0.4, -0.2) is 42.3 Å². The summed E-state index contributed by atoms with van der Waals surface area (Å²) in [5.74, 6) is 1.02. The van der Waals surface area contributed by atoms with Crippen molar-refractivity contribution in [2.24, 2.45) is 5.92 Å². The number of aliphatic hydroxyl groups is 1. The minimum Gasteiger partial charge on any atom is -0.497 e. The van der Waals surface area contributed by atoms with Crippen molar-refractivity contribution < 1.29 is 14.6 Å². The number of carbonyl (C=O) groups excluding carboxylic acids is 1. The Morgan fingerprint density at radius 2 is 2.10 bits per heavy atom. The number of ether oxygens (including phenoxy) is 1. The fourth-order valence-corrected chi connectivity index (χ4v) is 2.64. The highest BCUT2D eigenvalue weighted by Crippen LogP contribution is 2.24. The number of hydrogen-bond donors (Lipinski definition) is 2. The van der Waals surface area contributed by atoms with Crippen molar-refractivity contribution in [3.05, 3.63) is 23.8 Å². The molecule has 1 aromatic rings. The number of likely N-dealkylation sites (tertiary alicyclic amines) is 1. The maximum absolute atomic E-state index is 12.3. The number of amides is 2. The van der Waals surface area contributed by atoms with Crippen LogP contribution in [0.4, 0.5) is 10.5 Å². The molecule has 0 bridgehead atoms. The Kier molecular flexibility index (Phi) is 5.07. The van der Waals surface area contributed by atoms with Crippen LogP contribution < -0.4 is 10.1 Å². The van der Waals surface area contributed by atoms with Gasteiger partial charge in [0.15, 0.2) is 0 Å². The number of carbonyl (C=O) groups is 1. The molecule has 1 atom stereocenters. The van der Waals surface area contributed by atoms with Crippen molar-refractivity contribution in [3.8, 4) is 5.75 Å². The normalized spacial score (nSPS) is 17.4. The van der Waals surface area contributed by atoms with E-state index in [4.69, 9.17) is 4.74 Å². The molecule has 1 saturated heterocycles. The fourth-order valence-electron chi connectivity index (χ4n) is 2.64. The Morgan fingerprint density at radius 3 is 2.67 bits per heavy atom. The molecule has 0 radical (unpaired) electrons. The first-order valence-corrected chi connectivity index (χ1v) is 7.40. The molecule has 1 aliphatic heterocycles. The quantitative estimate of drug-likeness (QED) is 0.900. The minimum atomic E-state index is -0.296. The summed E-state index contributed by atoms with van der Waals surface area (Å²) in [5, 5.41) is 12.5. The lowest BCUT2D eigenvalue weighted by Gasteiger charge is -2.33. The van der Waals surface area contributed by atoms with Crippen molar-refractivity contribution in [2.45, 2.75) is 32.8 Å². The zero-order valence-electron chi connectivity index (χ0n) is 12.9. The number of nitrogens with zero attached hydrogens (tertiary/aromatic N) is 1. The van der Waals surface area contributed by atoms with Crippen LogP contribution in [0.2, 0.25) is 0 Å². The van der Waals surface area contributed by atoms with Gasteiger partial charge >= 0.3 is 6.03 Å². The van der Waals surface area contributed by atoms with Crippen molar-refractivity contribution in [1.29, 1.82) is 0 Å². The van der Waals surface area contributed by atoms with E-state index in [1.807, 2.05) is 32.0 Å². The van der Waals surface area contributed by atoms with Gasteiger partial charge in [-0.15, -0.1) is 0 Å². The van der Waals surface area contributed by atoms with Crippen LogP contribution in [0.5, 0.6) is 5.75 Å². The number of hydrogen-bond acceptors (Lipinski definition) is 3. The molecule has 2 rings (SSSR count). The van der Waals surface area contributed by atoms with Crippen LogP contribution in [0.3, 0.4) is 0 Å². The number of aliphatic hydroxyl groups excluding tert-OH is 1. The number of benzene rings is 1. The van der Waals surface area contributed by atoms with Crippen molar-refractivity contribution in [3.63, 3.8) is 0 Å². The maximum Gasteiger partial charge on any atom is 0.321 e. The first-order valence-electron chi connectivity index (χ1n) is 7.40. The molecule has 0 spiro atoms. The highest BCUT2D eigenvalue weighted by Gasteiger charge is 2.25. The molecule has 2 N–H and O–H groups in total. The lowest BCUT2D eigenvalue weighted by molar-refractivity contribution is 0.0820. The first-order chi connectivity index (χ1) is 10.0. The van der Waals surface area contributed by atoms with Crippen LogP contribution in [-0.2, 0) is 0 Å². The maximum atomic E-state index is 12.3. The zero-order valence-corrected chi connectivity index (χ0v) is 12.9. The summed E-state index contributed by atoms with van der Waals surface area (Å²) in [5.41, 5.74) is 1.78. The minimum absolute atomic E-state index is 0.0876. The molecule has 116 valence electrons. The van der Waals surface area contributed by atoms with Gasteiger partial charge in [0, 0.05) is 24.8 Å². The van der Waals surface area contributed by atoms with E-state index in [1.165, 1.54) is 0 Å². The lowest BCUT2D eigenvalue weighted by atomic mass is 9.92. The topological polar surface area (TPSA) is 61.8 Å². The van der Waals surface area contributed by atoms with E-state index < -0.39 is 0 Å². The lowest BCUT2D eigenvalue weighted by Crippen LogP contribution is -2.42. The van der Waals surface area contributed by atoms with Gasteiger partial charge in [0.1, 0.15) is 5.75 Å². The Hall–Kier alpha value is -1.75. The number of methoxy groups -OCH3 is 1. The molecule has 1 fully saturated rings. The summed E-state index contributed by atoms with van der Waals surface area (Å²) >= 11 is 0. The van der Waals surface area contributed by atoms with Crippen LogP contribution in [0.1, 0.15) is 25.3 Å². The molecule has 2 amide bonds. The molecule has 21 heavy (non-hydrogen) atoms. The van der Waals surface area contributed by atoms with E-state index in [0.717, 1.165) is 29.8 Å². The van der Waals surface area contributed by atoms with E-state index in [1.54, 1.807) is 12.0 Å². The van der Waals surface area contributed by atoms with Gasteiger partial charge in [-0.05, 0) is 44.2 Å². The Balaban J connectivity index is 1.96. The van der Waals surface area contributed by atoms with Crippen molar-refractivity contribution in [2.75, 3.05) is 25.5 Å². The monoisotopic (exact) mass is 292 g/mol. The average Bonchev–Trinajstić information content (AvgIpc) is 2.49. The number of urea groups is 1. The summed E-state index contributed by atoms with van der Waals surface area (Å²) in [6, 6.07) is 5.54. The zero-order chi connectivity index (χ0) is 15.4. The SMILES string of the molecule is COc1ccc(C)c(NC(=O)N2CCC(C(C)O)CC2)c1. The summed E-state index contributed by atoms with van der Waals surface area (Å²) < 4.78 is 5.18. The smallest absolute Gasteiger partial charge is 0.321 e. The predicted molar refractivity (Wildman–Crippen MR) is 82.7 cm³/mol. The van der Waals surface area contributed by atoms with Gasteiger partial charge in [-0.2, -0.15) is 0 Å². The molecule has 0 saturated carbocycles. The molecule has 5 heteroatoms. The molecule has 1 unspecified atom stereocenters. The second-order valence-electron chi connectivity index (χ2n) is 5.68. The third-order valence-corrected chi connectivity index (χ3v) is 4.20. The van der Waals surface area contributed by atoms with E-state index in [0.29, 0.717) is 19.0 Å². The standard InChI is InChI=1S/C16H24N2O3/c1-11-4-5-14(21-3)10-15(11)17-16(20)18-8-6-13(7-9-18)12(2)19/h4-5,10,12-13,19H,6-9H2,1-3H3,(H,17,20). The molecular weight excluding hydrogens is 268 g/mol. The van der Waals surface area contributed by atoms with Crippen molar-refractivity contribution in [1.82, 2.24) is 4.90 Å². The predicted octanol–water partition coefficient (Wildman–Crippen LogP) is 2.63. The largest absolute Gasteiger partial charge is 0.497 e. The van der Waals surface area contributed by atoms with Crippen molar-refractivity contribution >= 4 is 11.7 Å². The molecule has 5 nitrogen and oxygen atoms in total. The van der Waals surface area contributed by atoms with Gasteiger partial charge in [0.25, 0.3) is 0 Å². The van der Waals surface area contributed by atoms with Crippen LogP contribution >= 0.6 is 0 Å². The van der Waals surface area contributed by atoms with E-state index >= 15 is 0 Å². The molecule has 1 aliphatic rings. The summed E-state index contributed by atoms with van der Waals surface area (Å²) in [7, 11) is 1.61. The first kappa shape index (κ1) is 15.6. The molecule has 0 aromatic heterocycles. The molecular formula is C16H24N2O3. The van der Waals surface area contributed by atoms with Crippen LogP contribution in [0, 0.1) is 12.8 Å². The van der Waals surface area contributed by atoms with Gasteiger partial charge < -0.3 is 20.1 Å².